The van der Waals surface area contributed by atoms with Gasteiger partial charge in [0.1, 0.15) is 11.4 Å². The van der Waals surface area contributed by atoms with E-state index in [1.165, 1.54) is 24.9 Å². The van der Waals surface area contributed by atoms with Gasteiger partial charge in [-0.05, 0) is 66.2 Å². The Morgan fingerprint density at radius 3 is 2.27 bits per heavy atom. The third kappa shape index (κ3) is 8.62. The van der Waals surface area contributed by atoms with Gasteiger partial charge in [0.2, 0.25) is 5.91 Å². The molecule has 3 amide bonds. The molecule has 0 radical (unpaired) electrons. The van der Waals surface area contributed by atoms with E-state index in [2.05, 4.69) is 16.0 Å². The summed E-state index contributed by atoms with van der Waals surface area (Å²) in [6.07, 6.45) is 1.52. The Hall–Kier alpha value is -4.24. The molecule has 4 rings (SSSR count). The second-order valence-corrected chi connectivity index (χ2v) is 10.4. The van der Waals surface area contributed by atoms with Crippen molar-refractivity contribution in [1.29, 1.82) is 0 Å². The summed E-state index contributed by atoms with van der Waals surface area (Å²) >= 11 is 13.7. The molecule has 0 aliphatic heterocycles. The number of rotatable bonds is 10. The maximum absolute atomic E-state index is 13.3. The molecule has 0 unspecified atom stereocenters. The van der Waals surface area contributed by atoms with E-state index in [4.69, 9.17) is 27.9 Å². The Labute approximate surface area is 251 Å². The van der Waals surface area contributed by atoms with Gasteiger partial charge in [-0.3, -0.25) is 14.4 Å². The van der Waals surface area contributed by atoms with Gasteiger partial charge in [-0.25, -0.2) is 0 Å². The third-order valence-electron chi connectivity index (χ3n) is 5.63. The number of thioether (sulfide) groups is 1. The van der Waals surface area contributed by atoms with Crippen LogP contribution in [0.1, 0.15) is 15.9 Å². The first kappa shape index (κ1) is 29.7. The molecule has 0 saturated carbocycles. The molecule has 4 aromatic carbocycles. The van der Waals surface area contributed by atoms with E-state index in [0.29, 0.717) is 38.3 Å². The number of anilines is 2. The van der Waals surface area contributed by atoms with Crippen molar-refractivity contribution in [2.75, 3.05) is 23.5 Å². The molecule has 208 valence electrons. The largest absolute Gasteiger partial charge is 0.495 e. The fraction of sp³-hybridized carbons (Fsp3) is 0.0645. The quantitative estimate of drug-likeness (QED) is 0.132. The van der Waals surface area contributed by atoms with Crippen molar-refractivity contribution < 1.29 is 19.1 Å². The molecule has 10 heteroatoms. The first-order valence-electron chi connectivity index (χ1n) is 12.3. The van der Waals surface area contributed by atoms with Crippen LogP contribution in [0.2, 0.25) is 10.0 Å². The third-order valence-corrected chi connectivity index (χ3v) is 7.26. The Balaban J connectivity index is 1.44. The molecule has 0 spiro atoms. The van der Waals surface area contributed by atoms with Crippen molar-refractivity contribution in [2.45, 2.75) is 4.90 Å². The lowest BCUT2D eigenvalue weighted by Gasteiger charge is -2.13. The van der Waals surface area contributed by atoms with Crippen LogP contribution in [0, 0.1) is 0 Å². The highest BCUT2D eigenvalue weighted by molar-refractivity contribution is 8.00. The molecule has 41 heavy (non-hydrogen) atoms. The first-order valence-corrected chi connectivity index (χ1v) is 14.1. The lowest BCUT2D eigenvalue weighted by molar-refractivity contribution is -0.114. The van der Waals surface area contributed by atoms with E-state index in [1.807, 2.05) is 6.07 Å². The van der Waals surface area contributed by atoms with Crippen LogP contribution >= 0.6 is 35.0 Å². The second-order valence-electron chi connectivity index (χ2n) is 8.57. The molecule has 0 aromatic heterocycles. The molecule has 0 aliphatic rings. The molecule has 0 atom stereocenters. The smallest absolute Gasteiger partial charge is 0.272 e. The van der Waals surface area contributed by atoms with Crippen molar-refractivity contribution in [3.63, 3.8) is 0 Å². The number of hydrogen-bond donors (Lipinski definition) is 3. The summed E-state index contributed by atoms with van der Waals surface area (Å²) in [5.74, 6) is -0.550. The van der Waals surface area contributed by atoms with Crippen LogP contribution in [0.15, 0.2) is 108 Å². The number of carbonyl (C=O) groups excluding carboxylic acids is 3. The maximum atomic E-state index is 13.3. The molecular formula is C31H25Cl2N3O4S. The van der Waals surface area contributed by atoms with Crippen LogP contribution in [0.5, 0.6) is 5.75 Å². The van der Waals surface area contributed by atoms with E-state index < -0.39 is 11.8 Å². The number of benzene rings is 4. The summed E-state index contributed by atoms with van der Waals surface area (Å²) in [5.41, 5.74) is 2.03. The Morgan fingerprint density at radius 1 is 0.805 bits per heavy atom. The summed E-state index contributed by atoms with van der Waals surface area (Å²) in [7, 11) is 1.52. The number of carbonyl (C=O) groups is 3. The predicted molar refractivity (Wildman–Crippen MR) is 166 cm³/mol. The van der Waals surface area contributed by atoms with Gasteiger partial charge in [-0.2, -0.15) is 0 Å². The highest BCUT2D eigenvalue weighted by atomic mass is 35.5. The zero-order valence-corrected chi connectivity index (χ0v) is 24.1. The van der Waals surface area contributed by atoms with Crippen molar-refractivity contribution in [1.82, 2.24) is 5.32 Å². The fourth-order valence-electron chi connectivity index (χ4n) is 3.64. The number of methoxy groups -OCH3 is 1. The van der Waals surface area contributed by atoms with Crippen LogP contribution in [-0.4, -0.2) is 30.6 Å². The maximum Gasteiger partial charge on any atom is 0.272 e. The van der Waals surface area contributed by atoms with Gasteiger partial charge >= 0.3 is 0 Å². The van der Waals surface area contributed by atoms with Crippen molar-refractivity contribution >= 4 is 70.1 Å². The topological polar surface area (TPSA) is 96.5 Å². The van der Waals surface area contributed by atoms with Gasteiger partial charge in [-0.1, -0.05) is 65.7 Å². The molecule has 7 nitrogen and oxygen atoms in total. The minimum absolute atomic E-state index is 0.0162. The van der Waals surface area contributed by atoms with Gasteiger partial charge < -0.3 is 20.7 Å². The lowest BCUT2D eigenvalue weighted by Crippen LogP contribution is -2.30. The summed E-state index contributed by atoms with van der Waals surface area (Å²) < 4.78 is 5.13. The van der Waals surface area contributed by atoms with Crippen LogP contribution < -0.4 is 20.7 Å². The zero-order chi connectivity index (χ0) is 29.2. The summed E-state index contributed by atoms with van der Waals surface area (Å²) in [4.78, 5) is 39.4. The predicted octanol–water partition coefficient (Wildman–Crippen LogP) is 7.14. The number of halogens is 2. The number of hydrogen-bond acceptors (Lipinski definition) is 5. The minimum Gasteiger partial charge on any atom is -0.495 e. The average Bonchev–Trinajstić information content (AvgIpc) is 2.97. The summed E-state index contributed by atoms with van der Waals surface area (Å²) in [6, 6.07) is 27.6. The average molecular weight is 607 g/mol. The Morgan fingerprint density at radius 2 is 1.54 bits per heavy atom. The van der Waals surface area contributed by atoms with E-state index in [0.717, 1.165) is 4.90 Å². The monoisotopic (exact) mass is 605 g/mol. The van der Waals surface area contributed by atoms with E-state index in [1.54, 1.807) is 91.0 Å². The Bertz CT molecular complexity index is 1600. The van der Waals surface area contributed by atoms with Crippen molar-refractivity contribution in [3.8, 4) is 5.75 Å². The van der Waals surface area contributed by atoms with Gasteiger partial charge in [-0.15, -0.1) is 11.8 Å². The fourth-order valence-corrected chi connectivity index (χ4v) is 4.85. The van der Waals surface area contributed by atoms with E-state index in [9.17, 15) is 14.4 Å². The molecule has 3 N–H and O–H groups in total. The molecule has 0 saturated heterocycles. The van der Waals surface area contributed by atoms with Gasteiger partial charge in [0.25, 0.3) is 11.8 Å². The number of ether oxygens (including phenoxy) is 1. The number of nitrogens with one attached hydrogen (secondary N) is 3. The SMILES string of the molecule is COc1ccc(NC(=O)CSc2cccc(NC(=O)/C(=C\c3ccccc3Cl)NC(=O)c3ccccc3)c2)cc1Cl. The van der Waals surface area contributed by atoms with Gasteiger partial charge in [0.15, 0.2) is 0 Å². The van der Waals surface area contributed by atoms with Crippen LogP contribution in [0.3, 0.4) is 0 Å². The second kappa shape index (κ2) is 14.4. The molecule has 0 heterocycles. The van der Waals surface area contributed by atoms with Gasteiger partial charge in [0.05, 0.1) is 17.9 Å². The van der Waals surface area contributed by atoms with E-state index >= 15 is 0 Å². The van der Waals surface area contributed by atoms with Crippen LogP contribution in [0.4, 0.5) is 11.4 Å². The van der Waals surface area contributed by atoms with Crippen LogP contribution in [0.25, 0.3) is 6.08 Å². The standard InChI is InChI=1S/C31H25Cl2N3O4S/c1-40-28-15-14-23(18-26(28)33)34-29(37)19-41-24-12-7-11-22(17-24)35-31(39)27(16-21-10-5-6-13-25(21)32)36-30(38)20-8-3-2-4-9-20/h2-18H,19H2,1H3,(H,34,37)(H,35,39)(H,36,38)/b27-16+. The van der Waals surface area contributed by atoms with Gasteiger partial charge in [0, 0.05) is 26.9 Å². The first-order chi connectivity index (χ1) is 19.8. The molecule has 0 fully saturated rings. The van der Waals surface area contributed by atoms with Crippen molar-refractivity contribution in [2.24, 2.45) is 0 Å². The molecule has 0 aliphatic carbocycles. The minimum atomic E-state index is -0.537. The summed E-state index contributed by atoms with van der Waals surface area (Å²) in [6.45, 7) is 0. The lowest BCUT2D eigenvalue weighted by atomic mass is 10.1. The highest BCUT2D eigenvalue weighted by Crippen LogP contribution is 2.28. The normalized spacial score (nSPS) is 11.0. The highest BCUT2D eigenvalue weighted by Gasteiger charge is 2.16. The van der Waals surface area contributed by atoms with E-state index in [-0.39, 0.29) is 17.4 Å². The molecule has 0 bridgehead atoms. The molecule has 4 aromatic rings. The number of amides is 3. The van der Waals surface area contributed by atoms with Crippen molar-refractivity contribution in [3.05, 3.63) is 124 Å². The van der Waals surface area contributed by atoms with Crippen LogP contribution in [-0.2, 0) is 9.59 Å². The molecular weight excluding hydrogens is 581 g/mol. The summed E-state index contributed by atoms with van der Waals surface area (Å²) in [5, 5.41) is 9.13. The zero-order valence-electron chi connectivity index (χ0n) is 21.8. The Kier molecular flexibility index (Phi) is 10.5.